The summed E-state index contributed by atoms with van der Waals surface area (Å²) in [6, 6.07) is 10.5. The molecular formula is C14H20N2O. The van der Waals surface area contributed by atoms with Crippen LogP contribution in [-0.4, -0.2) is 25.0 Å². The van der Waals surface area contributed by atoms with Gasteiger partial charge in [-0.05, 0) is 12.5 Å². The van der Waals surface area contributed by atoms with Gasteiger partial charge in [-0.2, -0.15) is 0 Å². The lowest BCUT2D eigenvalue weighted by Crippen LogP contribution is -2.52. The molecule has 0 bridgehead atoms. The van der Waals surface area contributed by atoms with Gasteiger partial charge in [0.15, 0.2) is 0 Å². The predicted octanol–water partition coefficient (Wildman–Crippen LogP) is 1.51. The van der Waals surface area contributed by atoms with E-state index in [2.05, 4.69) is 36.6 Å². The van der Waals surface area contributed by atoms with Crippen LogP contribution in [0, 0.1) is 5.92 Å². The Kier molecular flexibility index (Phi) is 3.79. The smallest absolute Gasteiger partial charge is 0.225 e. The molecule has 92 valence electrons. The van der Waals surface area contributed by atoms with Gasteiger partial charge in [-0.25, -0.2) is 0 Å². The first kappa shape index (κ1) is 12.1. The molecule has 2 atom stereocenters. The Morgan fingerprint density at radius 1 is 1.29 bits per heavy atom. The lowest BCUT2D eigenvalue weighted by Gasteiger charge is -2.29. The minimum Gasteiger partial charge on any atom is -0.353 e. The second-order valence-electron chi connectivity index (χ2n) is 4.85. The van der Waals surface area contributed by atoms with Crippen molar-refractivity contribution in [2.75, 3.05) is 13.1 Å². The van der Waals surface area contributed by atoms with Gasteiger partial charge < -0.3 is 10.6 Å². The Bertz CT molecular complexity index is 373. The van der Waals surface area contributed by atoms with E-state index in [4.69, 9.17) is 0 Å². The minimum absolute atomic E-state index is 0.167. The van der Waals surface area contributed by atoms with Gasteiger partial charge in [-0.3, -0.25) is 4.79 Å². The molecule has 0 aromatic heterocycles. The first-order valence-corrected chi connectivity index (χ1v) is 6.24. The second kappa shape index (κ2) is 5.32. The van der Waals surface area contributed by atoms with Gasteiger partial charge in [-0.1, -0.05) is 37.3 Å². The summed E-state index contributed by atoms with van der Waals surface area (Å²) in [6.07, 6.45) is 0. The zero-order chi connectivity index (χ0) is 12.3. The molecule has 2 unspecified atom stereocenters. The number of rotatable bonds is 4. The van der Waals surface area contributed by atoms with Crippen molar-refractivity contribution in [2.24, 2.45) is 5.92 Å². The Labute approximate surface area is 103 Å². The van der Waals surface area contributed by atoms with Gasteiger partial charge in [0.05, 0.1) is 5.92 Å². The lowest BCUT2D eigenvalue weighted by atomic mass is 9.93. The SMILES string of the molecule is CC(NC(=O)C1CNC1)C(C)c1ccccc1. The average molecular weight is 232 g/mol. The van der Waals surface area contributed by atoms with E-state index >= 15 is 0 Å². The van der Waals surface area contributed by atoms with Gasteiger partial charge in [0.1, 0.15) is 0 Å². The van der Waals surface area contributed by atoms with Crippen molar-refractivity contribution < 1.29 is 4.79 Å². The largest absolute Gasteiger partial charge is 0.353 e. The third kappa shape index (κ3) is 2.86. The Balaban J connectivity index is 1.90. The lowest BCUT2D eigenvalue weighted by molar-refractivity contribution is -0.127. The van der Waals surface area contributed by atoms with Crippen molar-refractivity contribution >= 4 is 5.91 Å². The van der Waals surface area contributed by atoms with E-state index in [-0.39, 0.29) is 17.9 Å². The molecule has 2 N–H and O–H groups in total. The summed E-state index contributed by atoms with van der Waals surface area (Å²) < 4.78 is 0. The van der Waals surface area contributed by atoms with Crippen LogP contribution in [-0.2, 0) is 4.79 Å². The first-order valence-electron chi connectivity index (χ1n) is 6.24. The summed E-state index contributed by atoms with van der Waals surface area (Å²) in [6.45, 7) is 5.86. The van der Waals surface area contributed by atoms with E-state index in [1.54, 1.807) is 0 Å². The summed E-state index contributed by atoms with van der Waals surface area (Å²) in [5.41, 5.74) is 1.27. The molecule has 1 heterocycles. The molecule has 0 aliphatic carbocycles. The summed E-state index contributed by atoms with van der Waals surface area (Å²) in [5, 5.41) is 6.22. The molecule has 1 fully saturated rings. The summed E-state index contributed by atoms with van der Waals surface area (Å²) >= 11 is 0. The molecule has 2 rings (SSSR count). The van der Waals surface area contributed by atoms with Crippen LogP contribution < -0.4 is 10.6 Å². The highest BCUT2D eigenvalue weighted by Gasteiger charge is 2.27. The first-order chi connectivity index (χ1) is 8.18. The molecule has 1 saturated heterocycles. The van der Waals surface area contributed by atoms with Crippen LogP contribution in [0.25, 0.3) is 0 Å². The molecule has 1 aliphatic heterocycles. The number of carbonyl (C=O) groups is 1. The van der Waals surface area contributed by atoms with Crippen LogP contribution >= 0.6 is 0 Å². The highest BCUT2D eigenvalue weighted by molar-refractivity contribution is 5.80. The van der Waals surface area contributed by atoms with Crippen molar-refractivity contribution in [3.63, 3.8) is 0 Å². The van der Waals surface area contributed by atoms with Gasteiger partial charge in [-0.15, -0.1) is 0 Å². The van der Waals surface area contributed by atoms with Crippen molar-refractivity contribution in [1.82, 2.24) is 10.6 Å². The van der Waals surface area contributed by atoms with Gasteiger partial charge in [0.25, 0.3) is 0 Å². The number of amides is 1. The highest BCUT2D eigenvalue weighted by Crippen LogP contribution is 2.19. The molecule has 1 amide bonds. The average Bonchev–Trinajstić information content (AvgIpc) is 2.26. The fraction of sp³-hybridized carbons (Fsp3) is 0.500. The minimum atomic E-state index is 0.167. The summed E-state index contributed by atoms with van der Waals surface area (Å²) in [4.78, 5) is 11.8. The van der Waals surface area contributed by atoms with E-state index in [0.29, 0.717) is 5.92 Å². The molecule has 1 aromatic carbocycles. The maximum Gasteiger partial charge on any atom is 0.225 e. The van der Waals surface area contributed by atoms with E-state index in [9.17, 15) is 4.79 Å². The van der Waals surface area contributed by atoms with Crippen LogP contribution in [0.3, 0.4) is 0 Å². The van der Waals surface area contributed by atoms with E-state index < -0.39 is 0 Å². The van der Waals surface area contributed by atoms with Crippen molar-refractivity contribution in [1.29, 1.82) is 0 Å². The number of nitrogens with one attached hydrogen (secondary N) is 2. The van der Waals surface area contributed by atoms with Crippen molar-refractivity contribution in [2.45, 2.75) is 25.8 Å². The quantitative estimate of drug-likeness (QED) is 0.826. The number of hydrogen-bond donors (Lipinski definition) is 2. The molecule has 0 radical (unpaired) electrons. The van der Waals surface area contributed by atoms with Crippen molar-refractivity contribution in [3.05, 3.63) is 35.9 Å². The normalized spacial score (nSPS) is 19.2. The van der Waals surface area contributed by atoms with Gasteiger partial charge in [0, 0.05) is 25.0 Å². The Morgan fingerprint density at radius 2 is 1.94 bits per heavy atom. The molecule has 0 saturated carbocycles. The van der Waals surface area contributed by atoms with Gasteiger partial charge >= 0.3 is 0 Å². The molecule has 17 heavy (non-hydrogen) atoms. The van der Waals surface area contributed by atoms with Crippen LogP contribution in [0.5, 0.6) is 0 Å². The van der Waals surface area contributed by atoms with Gasteiger partial charge in [0.2, 0.25) is 5.91 Å². The standard InChI is InChI=1S/C14H20N2O/c1-10(12-6-4-3-5-7-12)11(2)16-14(17)13-8-15-9-13/h3-7,10-11,13,15H,8-9H2,1-2H3,(H,16,17). The predicted molar refractivity (Wildman–Crippen MR) is 68.8 cm³/mol. The molecule has 0 spiro atoms. The van der Waals surface area contributed by atoms with Crippen LogP contribution in [0.1, 0.15) is 25.3 Å². The maximum atomic E-state index is 11.8. The maximum absolute atomic E-state index is 11.8. The fourth-order valence-corrected chi connectivity index (χ4v) is 1.99. The van der Waals surface area contributed by atoms with Crippen LogP contribution in [0.2, 0.25) is 0 Å². The molecule has 1 aromatic rings. The monoisotopic (exact) mass is 232 g/mol. The van der Waals surface area contributed by atoms with Crippen molar-refractivity contribution in [3.8, 4) is 0 Å². The Morgan fingerprint density at radius 3 is 2.47 bits per heavy atom. The second-order valence-corrected chi connectivity index (χ2v) is 4.85. The van der Waals surface area contributed by atoms with Crippen LogP contribution in [0.4, 0.5) is 0 Å². The van der Waals surface area contributed by atoms with E-state index in [1.807, 2.05) is 18.2 Å². The molecule has 1 aliphatic rings. The Hall–Kier alpha value is -1.35. The number of carbonyl (C=O) groups excluding carboxylic acids is 1. The molecule has 3 heteroatoms. The molecular weight excluding hydrogens is 212 g/mol. The third-order valence-electron chi connectivity index (χ3n) is 3.60. The summed E-state index contributed by atoms with van der Waals surface area (Å²) in [7, 11) is 0. The number of hydrogen-bond acceptors (Lipinski definition) is 2. The summed E-state index contributed by atoms with van der Waals surface area (Å²) in [5.74, 6) is 0.688. The number of benzene rings is 1. The van der Waals surface area contributed by atoms with Crippen LogP contribution in [0.15, 0.2) is 30.3 Å². The third-order valence-corrected chi connectivity index (χ3v) is 3.60. The zero-order valence-electron chi connectivity index (χ0n) is 10.4. The zero-order valence-corrected chi connectivity index (χ0v) is 10.4. The van der Waals surface area contributed by atoms with E-state index in [0.717, 1.165) is 13.1 Å². The molecule has 3 nitrogen and oxygen atoms in total. The fourth-order valence-electron chi connectivity index (χ4n) is 1.99. The van der Waals surface area contributed by atoms with E-state index in [1.165, 1.54) is 5.56 Å². The topological polar surface area (TPSA) is 41.1 Å². The highest BCUT2D eigenvalue weighted by atomic mass is 16.2.